The van der Waals surface area contributed by atoms with Crippen LogP contribution in [0.25, 0.3) is 44.4 Å². The van der Waals surface area contributed by atoms with Gasteiger partial charge in [-0.05, 0) is 98.0 Å². The zero-order valence-electron chi connectivity index (χ0n) is 30.9. The molecule has 53 heavy (non-hydrogen) atoms. The SMILES string of the molecule is Cc1ccnc(-n2c3[c-]c(Oc4[c-]c(-n5nc(C6CCCCC6)c(-c6c(C)cccc6C)c5C5CCCCC5)ccc4)ccc3c3ccccc32)c1.[Pd+2]. The topological polar surface area (TPSA) is 44.9 Å². The molecule has 5 nitrogen and oxygen atoms in total. The monoisotopic (exact) mass is 788 g/mol. The summed E-state index contributed by atoms with van der Waals surface area (Å²) >= 11 is 0. The predicted molar refractivity (Wildman–Crippen MR) is 211 cm³/mol. The molecule has 9 rings (SSSR count). The van der Waals surface area contributed by atoms with E-state index in [4.69, 9.17) is 14.8 Å². The first-order valence-corrected chi connectivity index (χ1v) is 19.3. The minimum Gasteiger partial charge on any atom is -0.509 e. The summed E-state index contributed by atoms with van der Waals surface area (Å²) in [6.45, 7) is 6.65. The first-order chi connectivity index (χ1) is 25.5. The Morgan fingerprint density at radius 2 is 1.36 bits per heavy atom. The number of aromatic nitrogens is 4. The van der Waals surface area contributed by atoms with E-state index in [-0.39, 0.29) is 20.4 Å². The van der Waals surface area contributed by atoms with Gasteiger partial charge < -0.3 is 9.30 Å². The van der Waals surface area contributed by atoms with Crippen LogP contribution in [-0.4, -0.2) is 19.3 Å². The maximum absolute atomic E-state index is 6.63. The van der Waals surface area contributed by atoms with E-state index in [0.717, 1.165) is 33.5 Å². The normalized spacial score (nSPS) is 15.5. The molecule has 0 spiro atoms. The Morgan fingerprint density at radius 3 is 2.11 bits per heavy atom. The van der Waals surface area contributed by atoms with Gasteiger partial charge in [-0.15, -0.1) is 35.7 Å². The molecule has 0 amide bonds. The van der Waals surface area contributed by atoms with Gasteiger partial charge in [-0.2, -0.15) is 17.2 Å². The number of rotatable bonds is 7. The van der Waals surface area contributed by atoms with Gasteiger partial charge in [-0.1, -0.05) is 80.4 Å². The number of hydrogen-bond acceptors (Lipinski definition) is 3. The van der Waals surface area contributed by atoms with Crippen LogP contribution in [0.15, 0.2) is 91.1 Å². The third-order valence-corrected chi connectivity index (χ3v) is 11.6. The van der Waals surface area contributed by atoms with Crippen LogP contribution in [0, 0.1) is 32.9 Å². The zero-order valence-corrected chi connectivity index (χ0v) is 32.5. The minimum atomic E-state index is 0. The molecule has 270 valence electrons. The number of nitrogens with zero attached hydrogens (tertiary/aromatic N) is 4. The van der Waals surface area contributed by atoms with Crippen molar-refractivity contribution in [2.24, 2.45) is 0 Å². The standard InChI is InChI=1S/C47H46N4O.Pd/c1-31-26-27-48-43(28-31)50-41-23-11-10-22-39(41)40-25-24-38(30-42(40)50)52-37-21-13-20-36(29-37)51-47(35-18-8-5-9-19-35)45(44-32(2)14-12-15-33(44)3)46(49-51)34-16-6-4-7-17-34;/h10-15,20-28,34-35H,4-9,16-19H2,1-3H3;/q-2;+2. The minimum absolute atomic E-state index is 0. The van der Waals surface area contributed by atoms with Gasteiger partial charge in [0.1, 0.15) is 5.82 Å². The molecule has 0 N–H and O–H groups in total. The van der Waals surface area contributed by atoms with Crippen LogP contribution in [0.2, 0.25) is 0 Å². The molecule has 0 unspecified atom stereocenters. The van der Waals surface area contributed by atoms with Gasteiger partial charge in [0.2, 0.25) is 0 Å². The summed E-state index contributed by atoms with van der Waals surface area (Å²) in [5.41, 5.74) is 12.2. The Labute approximate surface area is 327 Å². The van der Waals surface area contributed by atoms with E-state index in [1.54, 1.807) is 0 Å². The Balaban J connectivity index is 0.00000400. The van der Waals surface area contributed by atoms with Crippen molar-refractivity contribution in [1.82, 2.24) is 19.3 Å². The summed E-state index contributed by atoms with van der Waals surface area (Å²) in [6, 6.07) is 37.1. The van der Waals surface area contributed by atoms with Crippen LogP contribution >= 0.6 is 0 Å². The van der Waals surface area contributed by atoms with E-state index in [9.17, 15) is 0 Å². The molecule has 0 radical (unpaired) electrons. The molecule has 0 aliphatic heterocycles. The fourth-order valence-electron chi connectivity index (χ4n) is 9.06. The fourth-order valence-corrected chi connectivity index (χ4v) is 9.06. The van der Waals surface area contributed by atoms with Crippen LogP contribution in [0.4, 0.5) is 0 Å². The summed E-state index contributed by atoms with van der Waals surface area (Å²) < 4.78 is 11.1. The van der Waals surface area contributed by atoms with E-state index in [0.29, 0.717) is 23.3 Å². The molecule has 0 saturated heterocycles. The van der Waals surface area contributed by atoms with Gasteiger partial charge in [0.05, 0.1) is 11.4 Å². The van der Waals surface area contributed by atoms with Crippen LogP contribution in [-0.2, 0) is 20.4 Å². The quantitative estimate of drug-likeness (QED) is 0.119. The number of pyridine rings is 1. The molecular weight excluding hydrogens is 743 g/mol. The number of hydrogen-bond donors (Lipinski definition) is 0. The molecule has 2 fully saturated rings. The molecule has 3 aromatic heterocycles. The molecular formula is C47H46N4OPd. The van der Waals surface area contributed by atoms with Crippen molar-refractivity contribution in [1.29, 1.82) is 0 Å². The molecule has 2 aliphatic rings. The Kier molecular flexibility index (Phi) is 10.1. The van der Waals surface area contributed by atoms with Gasteiger partial charge in [-0.3, -0.25) is 4.68 Å². The third kappa shape index (κ3) is 6.66. The number of benzene rings is 4. The van der Waals surface area contributed by atoms with Gasteiger partial charge >= 0.3 is 20.4 Å². The Morgan fingerprint density at radius 1 is 0.660 bits per heavy atom. The van der Waals surface area contributed by atoms with Crippen molar-refractivity contribution in [3.8, 4) is 34.1 Å². The number of fused-ring (bicyclic) bond motifs is 3. The maximum Gasteiger partial charge on any atom is 2.00 e. The van der Waals surface area contributed by atoms with Crippen molar-refractivity contribution in [2.45, 2.75) is 96.8 Å². The predicted octanol–water partition coefficient (Wildman–Crippen LogP) is 12.4. The number of ether oxygens (including phenoxy) is 1. The molecule has 6 heteroatoms. The van der Waals surface area contributed by atoms with Crippen LogP contribution in [0.1, 0.15) is 104 Å². The zero-order chi connectivity index (χ0) is 35.2. The van der Waals surface area contributed by atoms with E-state index in [1.165, 1.54) is 103 Å². The molecule has 4 aromatic carbocycles. The molecule has 2 aliphatic carbocycles. The fraction of sp³-hybridized carbons (Fsp3) is 0.319. The van der Waals surface area contributed by atoms with E-state index < -0.39 is 0 Å². The van der Waals surface area contributed by atoms with Gasteiger partial charge in [-0.25, -0.2) is 4.98 Å². The third-order valence-electron chi connectivity index (χ3n) is 11.6. The Hall–Kier alpha value is -4.50. The summed E-state index contributed by atoms with van der Waals surface area (Å²) in [5.74, 6) is 3.10. The van der Waals surface area contributed by atoms with Gasteiger partial charge in [0.15, 0.2) is 0 Å². The van der Waals surface area contributed by atoms with Crippen molar-refractivity contribution in [2.75, 3.05) is 0 Å². The molecule has 7 aromatic rings. The van der Waals surface area contributed by atoms with Gasteiger partial charge in [0.25, 0.3) is 0 Å². The van der Waals surface area contributed by atoms with Gasteiger partial charge in [0, 0.05) is 40.6 Å². The average Bonchev–Trinajstić information content (AvgIpc) is 3.72. The average molecular weight is 789 g/mol. The maximum atomic E-state index is 6.63. The number of para-hydroxylation sites is 1. The second-order valence-corrected chi connectivity index (χ2v) is 15.1. The summed E-state index contributed by atoms with van der Waals surface area (Å²) in [4.78, 5) is 4.75. The second kappa shape index (κ2) is 15.1. The van der Waals surface area contributed by atoms with Crippen molar-refractivity contribution in [3.63, 3.8) is 0 Å². The van der Waals surface area contributed by atoms with Crippen molar-refractivity contribution >= 4 is 21.8 Å². The van der Waals surface area contributed by atoms with Crippen LogP contribution in [0.5, 0.6) is 11.5 Å². The molecule has 0 bridgehead atoms. The number of aryl methyl sites for hydroxylation is 3. The molecule has 2 saturated carbocycles. The van der Waals surface area contributed by atoms with E-state index in [1.807, 2.05) is 24.4 Å². The smallest absolute Gasteiger partial charge is 0.509 e. The summed E-state index contributed by atoms with van der Waals surface area (Å²) in [6.07, 6.45) is 14.4. The van der Waals surface area contributed by atoms with Crippen LogP contribution < -0.4 is 4.74 Å². The summed E-state index contributed by atoms with van der Waals surface area (Å²) in [5, 5.41) is 7.90. The Bertz CT molecular complexity index is 2390. The molecule has 3 heterocycles. The van der Waals surface area contributed by atoms with E-state index >= 15 is 0 Å². The second-order valence-electron chi connectivity index (χ2n) is 15.1. The van der Waals surface area contributed by atoms with E-state index in [2.05, 4.69) is 109 Å². The first kappa shape index (κ1) is 35.5. The first-order valence-electron chi connectivity index (χ1n) is 19.3. The van der Waals surface area contributed by atoms with Crippen LogP contribution in [0.3, 0.4) is 0 Å². The largest absolute Gasteiger partial charge is 2.00 e. The van der Waals surface area contributed by atoms with Crippen molar-refractivity contribution < 1.29 is 25.2 Å². The molecule has 0 atom stereocenters. The van der Waals surface area contributed by atoms with Crippen molar-refractivity contribution in [3.05, 3.63) is 131 Å². The summed E-state index contributed by atoms with van der Waals surface area (Å²) in [7, 11) is 0.